The van der Waals surface area contributed by atoms with Gasteiger partial charge in [-0.05, 0) is 49.7 Å². The van der Waals surface area contributed by atoms with E-state index in [-0.39, 0.29) is 18.3 Å². The first-order valence-corrected chi connectivity index (χ1v) is 8.73. The minimum absolute atomic E-state index is 0.116. The van der Waals surface area contributed by atoms with Crippen LogP contribution in [0.4, 0.5) is 5.69 Å². The fourth-order valence-electron chi connectivity index (χ4n) is 2.76. The summed E-state index contributed by atoms with van der Waals surface area (Å²) in [6.45, 7) is 3.72. The van der Waals surface area contributed by atoms with Crippen molar-refractivity contribution < 1.29 is 14.3 Å². The highest BCUT2D eigenvalue weighted by atomic mass is 16.5. The number of ketones is 1. The van der Waals surface area contributed by atoms with Crippen molar-refractivity contribution in [2.75, 3.05) is 11.9 Å². The quantitative estimate of drug-likeness (QED) is 0.642. The number of hydrogen-bond donors (Lipinski definition) is 1. The van der Waals surface area contributed by atoms with E-state index in [4.69, 9.17) is 4.74 Å². The molecule has 0 aromatic heterocycles. The number of aryl methyl sites for hydroxylation is 2. The molecule has 0 aliphatic heterocycles. The lowest BCUT2D eigenvalue weighted by molar-refractivity contribution is 0.0913. The van der Waals surface area contributed by atoms with Gasteiger partial charge >= 0.3 is 0 Å². The number of para-hydroxylation sites is 2. The summed E-state index contributed by atoms with van der Waals surface area (Å²) < 4.78 is 5.70. The first-order chi connectivity index (χ1) is 13.0. The number of carbonyl (C=O) groups excluding carboxylic acids is 2. The zero-order valence-electron chi connectivity index (χ0n) is 15.4. The Morgan fingerprint density at radius 3 is 2.33 bits per heavy atom. The maximum absolute atomic E-state index is 12.6. The minimum Gasteiger partial charge on any atom is -0.485 e. The summed E-state index contributed by atoms with van der Waals surface area (Å²) in [5.41, 5.74) is 3.65. The molecule has 1 N–H and O–H groups in total. The molecule has 136 valence electrons. The molecule has 0 aliphatic rings. The molecular formula is C23H21NO3. The molecule has 0 bridgehead atoms. The third-order valence-corrected chi connectivity index (χ3v) is 4.22. The van der Waals surface area contributed by atoms with Crippen molar-refractivity contribution in [2.45, 2.75) is 13.8 Å². The van der Waals surface area contributed by atoms with Gasteiger partial charge in [-0.15, -0.1) is 0 Å². The van der Waals surface area contributed by atoms with E-state index in [2.05, 4.69) is 5.32 Å². The van der Waals surface area contributed by atoms with Crippen LogP contribution < -0.4 is 10.1 Å². The van der Waals surface area contributed by atoms with Gasteiger partial charge in [-0.25, -0.2) is 0 Å². The molecule has 0 saturated carbocycles. The van der Waals surface area contributed by atoms with Gasteiger partial charge in [-0.2, -0.15) is 0 Å². The summed E-state index contributed by atoms with van der Waals surface area (Å²) in [5.74, 6) is -0.0185. The molecule has 4 nitrogen and oxygen atoms in total. The minimum atomic E-state index is -0.281. The SMILES string of the molecule is Cc1ccc(C)c(C(=O)COc2ccccc2C(=O)Nc2ccccc2)c1. The molecule has 0 fully saturated rings. The van der Waals surface area contributed by atoms with E-state index in [9.17, 15) is 9.59 Å². The Morgan fingerprint density at radius 1 is 0.852 bits per heavy atom. The molecule has 0 unspecified atom stereocenters. The Balaban J connectivity index is 1.73. The highest BCUT2D eigenvalue weighted by Crippen LogP contribution is 2.20. The van der Waals surface area contributed by atoms with Gasteiger partial charge in [-0.1, -0.05) is 48.0 Å². The summed E-state index contributed by atoms with van der Waals surface area (Å²) in [7, 11) is 0. The number of ether oxygens (including phenoxy) is 1. The fourth-order valence-corrected chi connectivity index (χ4v) is 2.76. The third kappa shape index (κ3) is 4.61. The van der Waals surface area contributed by atoms with Crippen molar-refractivity contribution in [1.29, 1.82) is 0 Å². The molecule has 1 amide bonds. The molecular weight excluding hydrogens is 338 g/mol. The van der Waals surface area contributed by atoms with E-state index in [1.54, 1.807) is 24.3 Å². The van der Waals surface area contributed by atoms with E-state index in [0.717, 1.165) is 11.1 Å². The van der Waals surface area contributed by atoms with Crippen LogP contribution in [0.3, 0.4) is 0 Å². The Labute approximate surface area is 158 Å². The number of benzene rings is 3. The zero-order valence-corrected chi connectivity index (χ0v) is 15.4. The maximum Gasteiger partial charge on any atom is 0.259 e. The topological polar surface area (TPSA) is 55.4 Å². The summed E-state index contributed by atoms with van der Waals surface area (Å²) in [6, 6.07) is 21.8. The van der Waals surface area contributed by atoms with E-state index < -0.39 is 0 Å². The predicted octanol–water partition coefficient (Wildman–Crippen LogP) is 4.82. The molecule has 0 aliphatic carbocycles. The number of anilines is 1. The van der Waals surface area contributed by atoms with Gasteiger partial charge in [0.2, 0.25) is 0 Å². The van der Waals surface area contributed by atoms with E-state index in [1.807, 2.05) is 62.4 Å². The lowest BCUT2D eigenvalue weighted by Crippen LogP contribution is -2.17. The van der Waals surface area contributed by atoms with Crippen molar-refractivity contribution in [3.63, 3.8) is 0 Å². The summed E-state index contributed by atoms with van der Waals surface area (Å²) in [5, 5.41) is 2.83. The normalized spacial score (nSPS) is 10.3. The molecule has 0 radical (unpaired) electrons. The van der Waals surface area contributed by atoms with Crippen LogP contribution in [0.25, 0.3) is 0 Å². The van der Waals surface area contributed by atoms with E-state index >= 15 is 0 Å². The summed E-state index contributed by atoms with van der Waals surface area (Å²) >= 11 is 0. The highest BCUT2D eigenvalue weighted by Gasteiger charge is 2.15. The smallest absolute Gasteiger partial charge is 0.259 e. The maximum atomic E-state index is 12.6. The van der Waals surface area contributed by atoms with Gasteiger partial charge in [0.1, 0.15) is 5.75 Å². The van der Waals surface area contributed by atoms with Crippen LogP contribution in [0.15, 0.2) is 72.8 Å². The second kappa shape index (κ2) is 8.32. The number of carbonyl (C=O) groups is 2. The predicted molar refractivity (Wildman–Crippen MR) is 107 cm³/mol. The first kappa shape index (κ1) is 18.4. The molecule has 0 atom stereocenters. The van der Waals surface area contributed by atoms with Gasteiger partial charge in [0.05, 0.1) is 5.56 Å². The summed E-state index contributed by atoms with van der Waals surface area (Å²) in [4.78, 5) is 25.1. The average molecular weight is 359 g/mol. The van der Waals surface area contributed by atoms with Crippen molar-refractivity contribution in [2.24, 2.45) is 0 Å². The number of hydrogen-bond acceptors (Lipinski definition) is 3. The third-order valence-electron chi connectivity index (χ3n) is 4.22. The van der Waals surface area contributed by atoms with Crippen molar-refractivity contribution >= 4 is 17.4 Å². The zero-order chi connectivity index (χ0) is 19.2. The van der Waals surface area contributed by atoms with Crippen LogP contribution in [0, 0.1) is 13.8 Å². The molecule has 27 heavy (non-hydrogen) atoms. The number of nitrogens with one attached hydrogen (secondary N) is 1. The van der Waals surface area contributed by atoms with Gasteiger partial charge in [0, 0.05) is 11.3 Å². The van der Waals surface area contributed by atoms with Crippen molar-refractivity contribution in [3.8, 4) is 5.75 Å². The number of amides is 1. The Hall–Kier alpha value is -3.40. The average Bonchev–Trinajstić information content (AvgIpc) is 2.69. The van der Waals surface area contributed by atoms with Gasteiger partial charge in [-0.3, -0.25) is 9.59 Å². The number of rotatable bonds is 6. The van der Waals surface area contributed by atoms with Crippen LogP contribution in [-0.4, -0.2) is 18.3 Å². The fraction of sp³-hybridized carbons (Fsp3) is 0.130. The lowest BCUT2D eigenvalue weighted by Gasteiger charge is -2.12. The molecule has 0 heterocycles. The molecule has 0 saturated heterocycles. The van der Waals surface area contributed by atoms with Gasteiger partial charge in [0.25, 0.3) is 5.91 Å². The Bertz CT molecular complexity index is 964. The van der Waals surface area contributed by atoms with Crippen LogP contribution >= 0.6 is 0 Å². The van der Waals surface area contributed by atoms with Crippen molar-refractivity contribution in [1.82, 2.24) is 0 Å². The molecule has 0 spiro atoms. The summed E-state index contributed by atoms with van der Waals surface area (Å²) in [6.07, 6.45) is 0. The molecule has 3 aromatic carbocycles. The van der Waals surface area contributed by atoms with E-state index in [1.165, 1.54) is 0 Å². The highest BCUT2D eigenvalue weighted by molar-refractivity contribution is 6.06. The molecule has 4 heteroatoms. The first-order valence-electron chi connectivity index (χ1n) is 8.73. The Morgan fingerprint density at radius 2 is 1.56 bits per heavy atom. The second-order valence-corrected chi connectivity index (χ2v) is 6.35. The van der Waals surface area contributed by atoms with Gasteiger partial charge < -0.3 is 10.1 Å². The van der Waals surface area contributed by atoms with Crippen molar-refractivity contribution in [3.05, 3.63) is 95.1 Å². The Kier molecular flexibility index (Phi) is 5.67. The van der Waals surface area contributed by atoms with Crippen LogP contribution in [0.2, 0.25) is 0 Å². The van der Waals surface area contributed by atoms with Crippen LogP contribution in [0.5, 0.6) is 5.75 Å². The largest absolute Gasteiger partial charge is 0.485 e. The standard InChI is InChI=1S/C23H21NO3/c1-16-12-13-17(2)20(14-16)21(25)15-27-22-11-7-6-10-19(22)23(26)24-18-8-4-3-5-9-18/h3-14H,15H2,1-2H3,(H,24,26). The monoisotopic (exact) mass is 359 g/mol. The lowest BCUT2D eigenvalue weighted by atomic mass is 10.0. The van der Waals surface area contributed by atoms with Crippen LogP contribution in [-0.2, 0) is 0 Å². The van der Waals surface area contributed by atoms with Crippen LogP contribution in [0.1, 0.15) is 31.8 Å². The van der Waals surface area contributed by atoms with E-state index in [0.29, 0.717) is 22.6 Å². The molecule has 3 rings (SSSR count). The number of Topliss-reactive ketones (excluding diaryl/α,β-unsaturated/α-hetero) is 1. The molecule has 3 aromatic rings. The second-order valence-electron chi connectivity index (χ2n) is 6.35. The van der Waals surface area contributed by atoms with Gasteiger partial charge in [0.15, 0.2) is 12.4 Å².